The summed E-state index contributed by atoms with van der Waals surface area (Å²) in [4.78, 5) is 0. The Morgan fingerprint density at radius 1 is 0.926 bits per heavy atom. The van der Waals surface area contributed by atoms with Gasteiger partial charge in [-0.15, -0.1) is 0 Å². The molecule has 0 aliphatic rings. The van der Waals surface area contributed by atoms with Crippen LogP contribution in [0.4, 0.5) is 4.39 Å². The van der Waals surface area contributed by atoms with Crippen LogP contribution >= 0.6 is 11.6 Å². The summed E-state index contributed by atoms with van der Waals surface area (Å²) in [5, 5.41) is 3.78. The van der Waals surface area contributed by atoms with E-state index in [4.69, 9.17) is 21.1 Å². The van der Waals surface area contributed by atoms with Crippen LogP contribution in [0.15, 0.2) is 66.7 Å². The molecule has 0 unspecified atom stereocenters. The Kier molecular flexibility index (Phi) is 6.69. The normalized spacial score (nSPS) is 10.6. The molecule has 5 heteroatoms. The topological polar surface area (TPSA) is 30.5 Å². The van der Waals surface area contributed by atoms with E-state index in [0.717, 1.165) is 41.3 Å². The van der Waals surface area contributed by atoms with Crippen LogP contribution in [0.25, 0.3) is 0 Å². The predicted octanol–water partition coefficient (Wildman–Crippen LogP) is 5.36. The molecule has 0 aromatic heterocycles. The summed E-state index contributed by atoms with van der Waals surface area (Å²) < 4.78 is 24.2. The zero-order valence-electron chi connectivity index (χ0n) is 15.0. The van der Waals surface area contributed by atoms with Crippen LogP contribution in [0.3, 0.4) is 0 Å². The Balaban J connectivity index is 1.50. The van der Waals surface area contributed by atoms with Crippen LogP contribution < -0.4 is 14.8 Å². The molecule has 3 rings (SSSR count). The third-order valence-corrected chi connectivity index (χ3v) is 4.52. The average molecular weight is 386 g/mol. The van der Waals surface area contributed by atoms with E-state index in [1.165, 1.54) is 12.1 Å². The second-order valence-electron chi connectivity index (χ2n) is 6.08. The molecule has 0 amide bonds. The second-order valence-corrected chi connectivity index (χ2v) is 6.49. The Morgan fingerprint density at radius 2 is 1.70 bits per heavy atom. The van der Waals surface area contributed by atoms with E-state index in [-0.39, 0.29) is 5.82 Å². The van der Waals surface area contributed by atoms with Crippen LogP contribution in [0.5, 0.6) is 11.5 Å². The van der Waals surface area contributed by atoms with E-state index >= 15 is 0 Å². The molecule has 140 valence electrons. The Hall–Kier alpha value is -2.56. The first-order valence-electron chi connectivity index (χ1n) is 8.64. The summed E-state index contributed by atoms with van der Waals surface area (Å²) in [5.41, 5.74) is 3.02. The van der Waals surface area contributed by atoms with Gasteiger partial charge in [0, 0.05) is 24.2 Å². The lowest BCUT2D eigenvalue weighted by Crippen LogP contribution is -2.13. The summed E-state index contributed by atoms with van der Waals surface area (Å²) in [6.07, 6.45) is 0. The lowest BCUT2D eigenvalue weighted by atomic mass is 10.2. The van der Waals surface area contributed by atoms with Gasteiger partial charge in [-0.25, -0.2) is 4.39 Å². The van der Waals surface area contributed by atoms with Crippen LogP contribution in [-0.4, -0.2) is 7.11 Å². The number of nitrogens with one attached hydrogen (secondary N) is 1. The third-order valence-electron chi connectivity index (χ3n) is 4.17. The van der Waals surface area contributed by atoms with Crippen molar-refractivity contribution in [3.8, 4) is 11.5 Å². The second kappa shape index (κ2) is 9.40. The minimum atomic E-state index is -0.353. The SMILES string of the molecule is COc1ccccc1CNCc1ccc(OCc2ccc(F)cc2Cl)cc1. The summed E-state index contributed by atoms with van der Waals surface area (Å²) in [6.45, 7) is 1.76. The number of hydrogen-bond acceptors (Lipinski definition) is 3. The van der Waals surface area contributed by atoms with Crippen LogP contribution in [0.1, 0.15) is 16.7 Å². The van der Waals surface area contributed by atoms with Crippen LogP contribution in [0.2, 0.25) is 5.02 Å². The monoisotopic (exact) mass is 385 g/mol. The maximum absolute atomic E-state index is 13.1. The van der Waals surface area contributed by atoms with E-state index in [0.29, 0.717) is 11.6 Å². The largest absolute Gasteiger partial charge is 0.496 e. The van der Waals surface area contributed by atoms with Gasteiger partial charge in [-0.3, -0.25) is 0 Å². The molecule has 0 fully saturated rings. The van der Waals surface area contributed by atoms with Gasteiger partial charge >= 0.3 is 0 Å². The quantitative estimate of drug-likeness (QED) is 0.566. The minimum Gasteiger partial charge on any atom is -0.496 e. The van der Waals surface area contributed by atoms with Gasteiger partial charge in [0.1, 0.15) is 23.9 Å². The number of ether oxygens (including phenoxy) is 2. The molecular formula is C22H21ClFNO2. The van der Waals surface area contributed by atoms with Crippen molar-refractivity contribution in [1.29, 1.82) is 0 Å². The van der Waals surface area contributed by atoms with Gasteiger partial charge in [-0.05, 0) is 35.9 Å². The molecule has 1 N–H and O–H groups in total. The molecule has 0 radical (unpaired) electrons. The molecule has 0 saturated carbocycles. The van der Waals surface area contributed by atoms with E-state index in [9.17, 15) is 4.39 Å². The van der Waals surface area contributed by atoms with Gasteiger partial charge in [-0.1, -0.05) is 48.0 Å². The van der Waals surface area contributed by atoms with Crippen LogP contribution in [-0.2, 0) is 19.7 Å². The van der Waals surface area contributed by atoms with E-state index < -0.39 is 0 Å². The molecule has 0 heterocycles. The van der Waals surface area contributed by atoms with Crippen molar-refractivity contribution in [2.24, 2.45) is 0 Å². The number of hydrogen-bond donors (Lipinski definition) is 1. The fourth-order valence-corrected chi connectivity index (χ4v) is 2.92. The van der Waals surface area contributed by atoms with Crippen molar-refractivity contribution >= 4 is 11.6 Å². The molecule has 0 bridgehead atoms. The highest BCUT2D eigenvalue weighted by Crippen LogP contribution is 2.21. The van der Waals surface area contributed by atoms with Gasteiger partial charge < -0.3 is 14.8 Å². The third kappa shape index (κ3) is 5.46. The standard InChI is InChI=1S/C22H21ClFNO2/c1-26-22-5-3-2-4-17(22)14-25-13-16-6-10-20(11-7-16)27-15-18-8-9-19(24)12-21(18)23/h2-12,25H,13-15H2,1H3. The van der Waals surface area contributed by atoms with Crippen molar-refractivity contribution in [1.82, 2.24) is 5.32 Å². The lowest BCUT2D eigenvalue weighted by molar-refractivity contribution is 0.306. The number of para-hydroxylation sites is 1. The van der Waals surface area contributed by atoms with E-state index in [2.05, 4.69) is 5.32 Å². The lowest BCUT2D eigenvalue weighted by Gasteiger charge is -2.11. The number of halogens is 2. The Labute approximate surface area is 163 Å². The fourth-order valence-electron chi connectivity index (χ4n) is 2.69. The summed E-state index contributed by atoms with van der Waals surface area (Å²) >= 11 is 6.01. The molecule has 0 saturated heterocycles. The minimum absolute atomic E-state index is 0.296. The van der Waals surface area contributed by atoms with Crippen molar-refractivity contribution in [3.05, 3.63) is 94.3 Å². The molecule has 27 heavy (non-hydrogen) atoms. The Morgan fingerprint density at radius 3 is 2.44 bits per heavy atom. The summed E-state index contributed by atoms with van der Waals surface area (Å²) in [7, 11) is 1.68. The molecule has 3 aromatic carbocycles. The molecule has 3 aromatic rings. The summed E-state index contributed by atoms with van der Waals surface area (Å²) in [5.74, 6) is 1.27. The Bertz CT molecular complexity index is 884. The maximum atomic E-state index is 13.1. The number of benzene rings is 3. The number of methoxy groups -OCH3 is 1. The van der Waals surface area contributed by atoms with Gasteiger partial charge in [-0.2, -0.15) is 0 Å². The van der Waals surface area contributed by atoms with Crippen molar-refractivity contribution in [2.75, 3.05) is 7.11 Å². The van der Waals surface area contributed by atoms with Crippen LogP contribution in [0, 0.1) is 5.82 Å². The van der Waals surface area contributed by atoms with Gasteiger partial charge in [0.05, 0.1) is 12.1 Å². The highest BCUT2D eigenvalue weighted by atomic mass is 35.5. The smallest absolute Gasteiger partial charge is 0.124 e. The first-order valence-corrected chi connectivity index (χ1v) is 9.02. The molecule has 0 aliphatic carbocycles. The zero-order valence-corrected chi connectivity index (χ0v) is 15.8. The molecule has 0 spiro atoms. The maximum Gasteiger partial charge on any atom is 0.124 e. The van der Waals surface area contributed by atoms with Crippen molar-refractivity contribution in [3.63, 3.8) is 0 Å². The van der Waals surface area contributed by atoms with E-state index in [1.54, 1.807) is 13.2 Å². The zero-order chi connectivity index (χ0) is 19.1. The summed E-state index contributed by atoms with van der Waals surface area (Å²) in [6, 6.07) is 20.1. The number of rotatable bonds is 8. The molecule has 0 atom stereocenters. The van der Waals surface area contributed by atoms with Gasteiger partial charge in [0.15, 0.2) is 0 Å². The fraction of sp³-hybridized carbons (Fsp3) is 0.182. The molecular weight excluding hydrogens is 365 g/mol. The first-order chi connectivity index (χ1) is 13.2. The predicted molar refractivity (Wildman–Crippen MR) is 106 cm³/mol. The van der Waals surface area contributed by atoms with E-state index in [1.807, 2.05) is 48.5 Å². The van der Waals surface area contributed by atoms with Crippen molar-refractivity contribution < 1.29 is 13.9 Å². The van der Waals surface area contributed by atoms with Gasteiger partial charge in [0.2, 0.25) is 0 Å². The highest BCUT2D eigenvalue weighted by molar-refractivity contribution is 6.31. The van der Waals surface area contributed by atoms with Crippen molar-refractivity contribution in [2.45, 2.75) is 19.7 Å². The first kappa shape index (κ1) is 19.2. The van der Waals surface area contributed by atoms with Gasteiger partial charge in [0.25, 0.3) is 0 Å². The molecule has 3 nitrogen and oxygen atoms in total. The average Bonchev–Trinajstić information content (AvgIpc) is 2.69. The molecule has 0 aliphatic heterocycles. The highest BCUT2D eigenvalue weighted by Gasteiger charge is 2.04.